The van der Waals surface area contributed by atoms with E-state index < -0.39 is 18.1 Å². The van der Waals surface area contributed by atoms with Crippen LogP contribution in [0.2, 0.25) is 0 Å². The van der Waals surface area contributed by atoms with Crippen LogP contribution in [0.3, 0.4) is 0 Å². The van der Waals surface area contributed by atoms with E-state index in [1.54, 1.807) is 0 Å². The maximum Gasteiger partial charge on any atom is 0.448 e. The summed E-state index contributed by atoms with van der Waals surface area (Å²) in [7, 11) is 0. The van der Waals surface area contributed by atoms with E-state index in [0.29, 0.717) is 0 Å². The maximum atomic E-state index is 11.0. The second kappa shape index (κ2) is 6.78. The van der Waals surface area contributed by atoms with E-state index in [4.69, 9.17) is 0 Å². The molecular weight excluding hydrogens is 246 g/mol. The molecular formula is C11H8F6. The van der Waals surface area contributed by atoms with Crippen molar-refractivity contribution in [2.45, 2.75) is 6.18 Å². The lowest BCUT2D eigenvalue weighted by Gasteiger charge is -1.98. The lowest BCUT2D eigenvalue weighted by Crippen LogP contribution is -2.08. The third kappa shape index (κ3) is 6.44. The zero-order valence-electron chi connectivity index (χ0n) is 8.44. The SMILES string of the molecule is C=Cc1ccccc1.FC(F)=C(F)C(F)(F)F. The summed E-state index contributed by atoms with van der Waals surface area (Å²) in [6.07, 6.45) is -7.07. The molecule has 0 aromatic heterocycles. The maximum absolute atomic E-state index is 11.0. The number of halogens is 6. The van der Waals surface area contributed by atoms with Gasteiger partial charge in [0, 0.05) is 0 Å². The molecule has 0 aliphatic carbocycles. The van der Waals surface area contributed by atoms with Crippen molar-refractivity contribution in [3.05, 3.63) is 54.4 Å². The molecule has 0 N–H and O–H groups in total. The minimum atomic E-state index is -5.56. The Hall–Kier alpha value is -1.72. The van der Waals surface area contributed by atoms with Crippen molar-refractivity contribution < 1.29 is 26.3 Å². The highest BCUT2D eigenvalue weighted by atomic mass is 19.4. The number of rotatable bonds is 1. The average molecular weight is 254 g/mol. The summed E-state index contributed by atoms with van der Waals surface area (Å²) >= 11 is 0. The fourth-order valence-electron chi connectivity index (χ4n) is 0.696. The predicted molar refractivity (Wildman–Crippen MR) is 52.9 cm³/mol. The molecule has 0 spiro atoms. The molecule has 17 heavy (non-hydrogen) atoms. The van der Waals surface area contributed by atoms with Gasteiger partial charge in [-0.05, 0) is 5.56 Å². The van der Waals surface area contributed by atoms with Crippen LogP contribution in [0.1, 0.15) is 5.56 Å². The minimum Gasteiger partial charge on any atom is -0.196 e. The minimum absolute atomic E-state index is 1.17. The predicted octanol–water partition coefficient (Wildman–Crippen LogP) is 4.96. The normalized spacial score (nSPS) is 10.0. The van der Waals surface area contributed by atoms with E-state index in [1.807, 2.05) is 36.4 Å². The van der Waals surface area contributed by atoms with Gasteiger partial charge in [0.15, 0.2) is 0 Å². The van der Waals surface area contributed by atoms with Gasteiger partial charge in [0.25, 0.3) is 5.83 Å². The van der Waals surface area contributed by atoms with Gasteiger partial charge < -0.3 is 0 Å². The Kier molecular flexibility index (Phi) is 6.09. The zero-order valence-corrected chi connectivity index (χ0v) is 8.44. The topological polar surface area (TPSA) is 0 Å². The van der Waals surface area contributed by atoms with Crippen LogP contribution in [0.5, 0.6) is 0 Å². The molecule has 1 aromatic carbocycles. The first kappa shape index (κ1) is 15.3. The highest BCUT2D eigenvalue weighted by Gasteiger charge is 2.38. The molecule has 94 valence electrons. The molecule has 0 unspecified atom stereocenters. The van der Waals surface area contributed by atoms with Crippen molar-refractivity contribution in [2.75, 3.05) is 0 Å². The number of alkyl halides is 3. The molecule has 6 heteroatoms. The van der Waals surface area contributed by atoms with Gasteiger partial charge in [0.05, 0.1) is 0 Å². The number of allylic oxidation sites excluding steroid dienone is 1. The quantitative estimate of drug-likeness (QED) is 0.621. The van der Waals surface area contributed by atoms with Crippen LogP contribution in [0, 0.1) is 0 Å². The molecule has 0 aliphatic rings. The van der Waals surface area contributed by atoms with E-state index in [2.05, 4.69) is 6.58 Å². The Morgan fingerprint density at radius 2 is 1.47 bits per heavy atom. The first-order valence-corrected chi connectivity index (χ1v) is 4.24. The average Bonchev–Trinajstić information content (AvgIpc) is 2.28. The van der Waals surface area contributed by atoms with E-state index in [1.165, 1.54) is 5.56 Å². The first-order valence-electron chi connectivity index (χ1n) is 4.24. The lowest BCUT2D eigenvalue weighted by molar-refractivity contribution is -0.113. The van der Waals surface area contributed by atoms with Crippen LogP contribution in [0.15, 0.2) is 48.8 Å². The van der Waals surface area contributed by atoms with E-state index >= 15 is 0 Å². The lowest BCUT2D eigenvalue weighted by atomic mass is 10.2. The van der Waals surface area contributed by atoms with Gasteiger partial charge in [-0.1, -0.05) is 43.0 Å². The summed E-state index contributed by atoms with van der Waals surface area (Å²) < 4.78 is 64.8. The van der Waals surface area contributed by atoms with E-state index in [0.717, 1.165) is 0 Å². The monoisotopic (exact) mass is 254 g/mol. The molecule has 0 fully saturated rings. The summed E-state index contributed by atoms with van der Waals surface area (Å²) in [4.78, 5) is 0. The number of hydrogen-bond donors (Lipinski definition) is 0. The molecule has 1 rings (SSSR count). The van der Waals surface area contributed by atoms with Gasteiger partial charge in [0.2, 0.25) is 0 Å². The molecule has 0 aliphatic heterocycles. The second-order valence-corrected chi connectivity index (χ2v) is 2.69. The molecule has 0 amide bonds. The molecule has 0 saturated carbocycles. The summed E-state index contributed by atoms with van der Waals surface area (Å²) in [5, 5.41) is 0. The zero-order chi connectivity index (χ0) is 13.5. The summed E-state index contributed by atoms with van der Waals surface area (Å²) in [5.74, 6) is -3.33. The number of benzene rings is 1. The van der Waals surface area contributed by atoms with Gasteiger partial charge in [-0.25, -0.2) is 0 Å². The number of hydrogen-bond acceptors (Lipinski definition) is 0. The highest BCUT2D eigenvalue weighted by molar-refractivity contribution is 5.45. The van der Waals surface area contributed by atoms with Crippen LogP contribution in [0.4, 0.5) is 26.3 Å². The van der Waals surface area contributed by atoms with Crippen molar-refractivity contribution in [2.24, 2.45) is 0 Å². The van der Waals surface area contributed by atoms with Crippen molar-refractivity contribution in [3.8, 4) is 0 Å². The molecule has 0 nitrogen and oxygen atoms in total. The van der Waals surface area contributed by atoms with E-state index in [9.17, 15) is 26.3 Å². The fourth-order valence-corrected chi connectivity index (χ4v) is 0.696. The largest absolute Gasteiger partial charge is 0.448 e. The Labute approximate surface area is 93.9 Å². The van der Waals surface area contributed by atoms with E-state index in [-0.39, 0.29) is 0 Å². The fraction of sp³-hybridized carbons (Fsp3) is 0.0909. The molecule has 0 atom stereocenters. The van der Waals surface area contributed by atoms with Crippen LogP contribution in [-0.4, -0.2) is 6.18 Å². The summed E-state index contributed by atoms with van der Waals surface area (Å²) in [5.41, 5.74) is 1.17. The van der Waals surface area contributed by atoms with Crippen molar-refractivity contribution in [1.29, 1.82) is 0 Å². The Bertz CT molecular complexity index is 373. The van der Waals surface area contributed by atoms with Crippen LogP contribution in [-0.2, 0) is 0 Å². The summed E-state index contributed by atoms with van der Waals surface area (Å²) in [6.45, 7) is 3.63. The smallest absolute Gasteiger partial charge is 0.196 e. The molecule has 0 bridgehead atoms. The van der Waals surface area contributed by atoms with Gasteiger partial charge in [-0.2, -0.15) is 26.3 Å². The van der Waals surface area contributed by atoms with Crippen molar-refractivity contribution in [3.63, 3.8) is 0 Å². The van der Waals surface area contributed by atoms with Gasteiger partial charge in [0.1, 0.15) is 0 Å². The van der Waals surface area contributed by atoms with Crippen molar-refractivity contribution in [1.82, 2.24) is 0 Å². The van der Waals surface area contributed by atoms with Gasteiger partial charge >= 0.3 is 12.3 Å². The van der Waals surface area contributed by atoms with Crippen LogP contribution >= 0.6 is 0 Å². The molecule has 1 aromatic rings. The van der Waals surface area contributed by atoms with Crippen LogP contribution < -0.4 is 0 Å². The first-order chi connectivity index (χ1) is 7.79. The summed E-state index contributed by atoms with van der Waals surface area (Å²) in [6, 6.07) is 10.0. The standard InChI is InChI=1S/C8H8.C3F6/c1-2-8-6-4-3-5-7-8;4-1(2(5)6)3(7,8)9/h2-7H,1H2;. The molecule has 0 radical (unpaired) electrons. The third-order valence-corrected chi connectivity index (χ3v) is 1.45. The van der Waals surface area contributed by atoms with Crippen LogP contribution in [0.25, 0.3) is 6.08 Å². The molecule has 0 heterocycles. The van der Waals surface area contributed by atoms with Crippen molar-refractivity contribution >= 4 is 6.08 Å². The molecule has 0 saturated heterocycles. The van der Waals surface area contributed by atoms with Gasteiger partial charge in [-0.3, -0.25) is 0 Å². The highest BCUT2D eigenvalue weighted by Crippen LogP contribution is 2.29. The van der Waals surface area contributed by atoms with Gasteiger partial charge in [-0.15, -0.1) is 0 Å². The Balaban J connectivity index is 0.000000302. The third-order valence-electron chi connectivity index (χ3n) is 1.45. The second-order valence-electron chi connectivity index (χ2n) is 2.69. The Morgan fingerprint density at radius 3 is 1.65 bits per heavy atom. The Morgan fingerprint density at radius 1 is 1.00 bits per heavy atom.